The standard InChI is InChI=1S/C22H33NO3/c1-13-6-5-7-22(4)10-20-16(9-18(13)22)17(21(25)26-20)12-23-11-14(2)19(24)8-15(23)3/h14-18,20H,1,5-12H2,2-4H3/t14?,15?,16-,17?,18+,20-,22-/m1/s1. The molecular weight excluding hydrogens is 326 g/mol. The molecule has 4 heteroatoms. The summed E-state index contributed by atoms with van der Waals surface area (Å²) in [5.41, 5.74) is 1.64. The van der Waals surface area contributed by atoms with Crippen LogP contribution >= 0.6 is 0 Å². The smallest absolute Gasteiger partial charge is 0.310 e. The largest absolute Gasteiger partial charge is 0.462 e. The Labute approximate surface area is 157 Å². The highest BCUT2D eigenvalue weighted by Gasteiger charge is 2.55. The van der Waals surface area contributed by atoms with Crippen LogP contribution in [0.1, 0.15) is 59.3 Å². The van der Waals surface area contributed by atoms with E-state index in [1.165, 1.54) is 18.4 Å². The average Bonchev–Trinajstić information content (AvgIpc) is 2.85. The predicted molar refractivity (Wildman–Crippen MR) is 101 cm³/mol. The molecule has 2 saturated carbocycles. The zero-order valence-electron chi connectivity index (χ0n) is 16.5. The number of Topliss-reactive ketones (excluding diaryl/α,β-unsaturated/α-hetero) is 1. The number of fused-ring (bicyclic) bond motifs is 2. The third-order valence-electron chi connectivity index (χ3n) is 7.93. The third-order valence-corrected chi connectivity index (χ3v) is 7.93. The van der Waals surface area contributed by atoms with Gasteiger partial charge in [0.1, 0.15) is 11.9 Å². The first kappa shape index (κ1) is 18.2. The summed E-state index contributed by atoms with van der Waals surface area (Å²) in [6.45, 7) is 12.4. The van der Waals surface area contributed by atoms with E-state index in [0.717, 1.165) is 32.4 Å². The second kappa shape index (κ2) is 6.47. The molecule has 3 unspecified atom stereocenters. The van der Waals surface area contributed by atoms with E-state index in [9.17, 15) is 9.59 Å². The highest BCUT2D eigenvalue weighted by molar-refractivity contribution is 5.82. The number of ether oxygens (including phenoxy) is 1. The Bertz CT molecular complexity index is 629. The fourth-order valence-corrected chi connectivity index (χ4v) is 6.23. The summed E-state index contributed by atoms with van der Waals surface area (Å²) in [6, 6.07) is 0.226. The minimum atomic E-state index is -0.0397. The van der Waals surface area contributed by atoms with Crippen molar-refractivity contribution >= 4 is 11.8 Å². The highest BCUT2D eigenvalue weighted by Crippen LogP contribution is 2.57. The average molecular weight is 360 g/mol. The molecule has 0 N–H and O–H groups in total. The van der Waals surface area contributed by atoms with E-state index in [4.69, 9.17) is 4.74 Å². The monoisotopic (exact) mass is 359 g/mol. The number of hydrogen-bond acceptors (Lipinski definition) is 4. The Morgan fingerprint density at radius 3 is 2.85 bits per heavy atom. The number of hydrogen-bond donors (Lipinski definition) is 0. The highest BCUT2D eigenvalue weighted by atomic mass is 16.6. The fraction of sp³-hybridized carbons (Fsp3) is 0.818. The van der Waals surface area contributed by atoms with Crippen molar-refractivity contribution in [3.05, 3.63) is 12.2 Å². The van der Waals surface area contributed by atoms with Gasteiger partial charge in [0.2, 0.25) is 0 Å². The van der Waals surface area contributed by atoms with Crippen molar-refractivity contribution in [1.29, 1.82) is 0 Å². The van der Waals surface area contributed by atoms with Crippen LogP contribution in [-0.2, 0) is 14.3 Å². The van der Waals surface area contributed by atoms with Crippen LogP contribution in [0.2, 0.25) is 0 Å². The summed E-state index contributed by atoms with van der Waals surface area (Å²) in [6.07, 6.45) is 6.32. The quantitative estimate of drug-likeness (QED) is 0.558. The van der Waals surface area contributed by atoms with Crippen LogP contribution in [-0.4, -0.2) is 41.9 Å². The predicted octanol–water partition coefficient (Wildman–Crippen LogP) is 3.60. The molecule has 7 atom stereocenters. The van der Waals surface area contributed by atoms with Gasteiger partial charge in [-0.2, -0.15) is 0 Å². The lowest BCUT2D eigenvalue weighted by molar-refractivity contribution is -0.146. The second-order valence-electron chi connectivity index (χ2n) is 9.78. The van der Waals surface area contributed by atoms with Crippen molar-refractivity contribution < 1.29 is 14.3 Å². The van der Waals surface area contributed by atoms with Crippen LogP contribution in [0.15, 0.2) is 12.2 Å². The Balaban J connectivity index is 1.51. The van der Waals surface area contributed by atoms with E-state index in [1.807, 2.05) is 6.92 Å². The Morgan fingerprint density at radius 2 is 2.08 bits per heavy atom. The number of carbonyl (C=O) groups excluding carboxylic acids is 2. The normalized spacial score (nSPS) is 46.7. The van der Waals surface area contributed by atoms with Gasteiger partial charge in [0.15, 0.2) is 0 Å². The van der Waals surface area contributed by atoms with Gasteiger partial charge in [-0.1, -0.05) is 26.0 Å². The topological polar surface area (TPSA) is 46.6 Å². The van der Waals surface area contributed by atoms with Gasteiger partial charge in [0.25, 0.3) is 0 Å². The van der Waals surface area contributed by atoms with Crippen LogP contribution < -0.4 is 0 Å². The lowest BCUT2D eigenvalue weighted by atomic mass is 9.55. The number of piperidine rings is 1. The van der Waals surface area contributed by atoms with E-state index < -0.39 is 0 Å². The van der Waals surface area contributed by atoms with E-state index in [0.29, 0.717) is 24.0 Å². The number of esters is 1. The number of likely N-dealkylation sites (tertiary alicyclic amines) is 1. The molecule has 0 spiro atoms. The molecule has 2 aliphatic heterocycles. The summed E-state index contributed by atoms with van der Waals surface area (Å²) in [5, 5.41) is 0. The molecule has 2 saturated heterocycles. The van der Waals surface area contributed by atoms with Crippen LogP contribution in [0.25, 0.3) is 0 Å². The van der Waals surface area contributed by atoms with Gasteiger partial charge in [0.05, 0.1) is 5.92 Å². The SMILES string of the molecule is C=C1CCC[C@]2(C)C[C@H]3OC(=O)C(CN4CC(C)C(=O)CC4C)[C@H]3C[C@@H]12. The number of nitrogens with zero attached hydrogens (tertiary/aromatic N) is 1. The Kier molecular flexibility index (Phi) is 4.53. The van der Waals surface area contributed by atoms with Crippen LogP contribution in [0.3, 0.4) is 0 Å². The van der Waals surface area contributed by atoms with Crippen molar-refractivity contribution in [2.45, 2.75) is 71.4 Å². The summed E-state index contributed by atoms with van der Waals surface area (Å²) in [7, 11) is 0. The lowest BCUT2D eigenvalue weighted by Gasteiger charge is -2.50. The molecule has 144 valence electrons. The minimum absolute atomic E-state index is 0.00962. The molecule has 0 radical (unpaired) electrons. The minimum Gasteiger partial charge on any atom is -0.462 e. The lowest BCUT2D eigenvalue weighted by Crippen LogP contribution is -2.50. The molecule has 26 heavy (non-hydrogen) atoms. The molecule has 2 heterocycles. The van der Waals surface area contributed by atoms with E-state index >= 15 is 0 Å². The molecular formula is C22H33NO3. The van der Waals surface area contributed by atoms with Gasteiger partial charge in [-0.15, -0.1) is 0 Å². The zero-order valence-corrected chi connectivity index (χ0v) is 16.5. The van der Waals surface area contributed by atoms with Gasteiger partial charge >= 0.3 is 5.97 Å². The maximum Gasteiger partial charge on any atom is 0.310 e. The Morgan fingerprint density at radius 1 is 1.31 bits per heavy atom. The van der Waals surface area contributed by atoms with Crippen LogP contribution in [0.4, 0.5) is 0 Å². The molecule has 0 aromatic rings. The van der Waals surface area contributed by atoms with Crippen molar-refractivity contribution in [2.24, 2.45) is 29.1 Å². The number of ketones is 1. The van der Waals surface area contributed by atoms with Crippen molar-refractivity contribution in [3.63, 3.8) is 0 Å². The van der Waals surface area contributed by atoms with Gasteiger partial charge < -0.3 is 4.74 Å². The molecule has 4 aliphatic rings. The van der Waals surface area contributed by atoms with Gasteiger partial charge in [-0.3, -0.25) is 14.5 Å². The van der Waals surface area contributed by atoms with Gasteiger partial charge in [0, 0.05) is 37.4 Å². The number of carbonyl (C=O) groups is 2. The summed E-state index contributed by atoms with van der Waals surface area (Å²) >= 11 is 0. The van der Waals surface area contributed by atoms with Crippen LogP contribution in [0.5, 0.6) is 0 Å². The summed E-state index contributed by atoms with van der Waals surface area (Å²) in [5.74, 6) is 1.23. The zero-order chi connectivity index (χ0) is 18.6. The molecule has 4 fully saturated rings. The maximum atomic E-state index is 12.7. The van der Waals surface area contributed by atoms with Gasteiger partial charge in [-0.25, -0.2) is 0 Å². The molecule has 4 nitrogen and oxygen atoms in total. The van der Waals surface area contributed by atoms with E-state index in [1.54, 1.807) is 0 Å². The molecule has 0 aromatic heterocycles. The number of rotatable bonds is 2. The van der Waals surface area contributed by atoms with Crippen LogP contribution in [0, 0.1) is 29.1 Å². The molecule has 0 amide bonds. The first-order valence-corrected chi connectivity index (χ1v) is 10.4. The van der Waals surface area contributed by atoms with E-state index in [2.05, 4.69) is 25.3 Å². The number of allylic oxidation sites excluding steroid dienone is 1. The maximum absolute atomic E-state index is 12.7. The van der Waals surface area contributed by atoms with E-state index in [-0.39, 0.29) is 35.4 Å². The van der Waals surface area contributed by atoms with Crippen molar-refractivity contribution in [2.75, 3.05) is 13.1 Å². The fourth-order valence-electron chi connectivity index (χ4n) is 6.23. The van der Waals surface area contributed by atoms with Crippen molar-refractivity contribution in [1.82, 2.24) is 4.90 Å². The molecule has 0 aromatic carbocycles. The first-order chi connectivity index (χ1) is 12.3. The third kappa shape index (κ3) is 2.94. The molecule has 0 bridgehead atoms. The molecule has 2 aliphatic carbocycles. The second-order valence-corrected chi connectivity index (χ2v) is 9.78. The van der Waals surface area contributed by atoms with Gasteiger partial charge in [-0.05, 0) is 50.4 Å². The summed E-state index contributed by atoms with van der Waals surface area (Å²) < 4.78 is 5.89. The molecule has 4 rings (SSSR count). The first-order valence-electron chi connectivity index (χ1n) is 10.4. The summed E-state index contributed by atoms with van der Waals surface area (Å²) in [4.78, 5) is 27.1. The van der Waals surface area contributed by atoms with Crippen molar-refractivity contribution in [3.8, 4) is 0 Å². The Hall–Kier alpha value is -1.16.